The molecule has 1 aliphatic rings. The lowest BCUT2D eigenvalue weighted by Crippen LogP contribution is -2.33. The highest BCUT2D eigenvalue weighted by molar-refractivity contribution is 5.20. The second-order valence-electron chi connectivity index (χ2n) is 5.56. The predicted molar refractivity (Wildman–Crippen MR) is 74.5 cm³/mol. The van der Waals surface area contributed by atoms with Gasteiger partial charge in [0.25, 0.3) is 0 Å². The van der Waals surface area contributed by atoms with Crippen LogP contribution in [0.15, 0.2) is 10.5 Å². The smallest absolute Gasteiger partial charge is 0.118 e. The maximum atomic E-state index is 5.80. The fraction of sp³-hybridized carbons (Fsp3) is 0.733. The van der Waals surface area contributed by atoms with Gasteiger partial charge in [0.15, 0.2) is 0 Å². The van der Waals surface area contributed by atoms with Gasteiger partial charge in [0, 0.05) is 18.7 Å². The number of furan rings is 1. The number of piperidine rings is 1. The summed E-state index contributed by atoms with van der Waals surface area (Å²) in [6.07, 6.45) is 2.72. The third kappa shape index (κ3) is 3.59. The van der Waals surface area contributed by atoms with Gasteiger partial charge in [-0.25, -0.2) is 0 Å². The van der Waals surface area contributed by atoms with Crippen LogP contribution in [-0.4, -0.2) is 24.5 Å². The third-order valence-electron chi connectivity index (χ3n) is 3.76. The molecule has 1 fully saturated rings. The van der Waals surface area contributed by atoms with Crippen LogP contribution in [-0.2, 0) is 13.1 Å². The molecular formula is C15H26N2O. The summed E-state index contributed by atoms with van der Waals surface area (Å²) >= 11 is 0. The molecule has 18 heavy (non-hydrogen) atoms. The molecule has 2 heterocycles. The van der Waals surface area contributed by atoms with Crippen molar-refractivity contribution in [2.45, 2.75) is 46.7 Å². The molecule has 1 N–H and O–H groups in total. The molecule has 1 aromatic rings. The fourth-order valence-electron chi connectivity index (χ4n) is 2.75. The van der Waals surface area contributed by atoms with Crippen molar-refractivity contribution in [1.29, 1.82) is 0 Å². The summed E-state index contributed by atoms with van der Waals surface area (Å²) < 4.78 is 5.80. The van der Waals surface area contributed by atoms with Gasteiger partial charge in [-0.2, -0.15) is 0 Å². The first-order chi connectivity index (χ1) is 8.69. The van der Waals surface area contributed by atoms with Crippen LogP contribution in [0.25, 0.3) is 0 Å². The average molecular weight is 250 g/mol. The number of hydrogen-bond donors (Lipinski definition) is 1. The van der Waals surface area contributed by atoms with Gasteiger partial charge < -0.3 is 9.73 Å². The van der Waals surface area contributed by atoms with Crippen molar-refractivity contribution in [3.63, 3.8) is 0 Å². The molecule has 0 aliphatic carbocycles. The van der Waals surface area contributed by atoms with E-state index >= 15 is 0 Å². The SMILES string of the molecule is CCNCc1cc(CN2CCCC(C)C2)c(C)o1. The second kappa shape index (κ2) is 6.39. The maximum Gasteiger partial charge on any atom is 0.118 e. The molecule has 0 radical (unpaired) electrons. The van der Waals surface area contributed by atoms with E-state index in [2.05, 4.69) is 37.1 Å². The Morgan fingerprint density at radius 1 is 1.50 bits per heavy atom. The monoisotopic (exact) mass is 250 g/mol. The molecule has 1 aromatic heterocycles. The van der Waals surface area contributed by atoms with E-state index in [1.165, 1.54) is 31.5 Å². The van der Waals surface area contributed by atoms with Crippen LogP contribution < -0.4 is 5.32 Å². The van der Waals surface area contributed by atoms with Gasteiger partial charge in [-0.3, -0.25) is 4.90 Å². The minimum Gasteiger partial charge on any atom is -0.465 e. The van der Waals surface area contributed by atoms with Gasteiger partial charge in [0.05, 0.1) is 6.54 Å². The average Bonchev–Trinajstić information content (AvgIpc) is 2.68. The molecule has 3 nitrogen and oxygen atoms in total. The molecular weight excluding hydrogens is 224 g/mol. The predicted octanol–water partition coefficient (Wildman–Crippen LogP) is 2.93. The van der Waals surface area contributed by atoms with E-state index < -0.39 is 0 Å². The van der Waals surface area contributed by atoms with Crippen molar-refractivity contribution in [2.75, 3.05) is 19.6 Å². The topological polar surface area (TPSA) is 28.4 Å². The van der Waals surface area contributed by atoms with E-state index in [4.69, 9.17) is 4.42 Å². The molecule has 1 atom stereocenters. The van der Waals surface area contributed by atoms with Crippen molar-refractivity contribution in [2.24, 2.45) is 5.92 Å². The van der Waals surface area contributed by atoms with E-state index in [9.17, 15) is 0 Å². The van der Waals surface area contributed by atoms with Crippen LogP contribution in [0, 0.1) is 12.8 Å². The minimum atomic E-state index is 0.840. The molecule has 0 aromatic carbocycles. The summed E-state index contributed by atoms with van der Waals surface area (Å²) in [6, 6.07) is 2.22. The fourth-order valence-corrected chi connectivity index (χ4v) is 2.75. The molecule has 1 saturated heterocycles. The molecule has 0 bridgehead atoms. The van der Waals surface area contributed by atoms with Crippen LogP contribution in [0.2, 0.25) is 0 Å². The first-order valence-corrected chi connectivity index (χ1v) is 7.20. The molecule has 0 spiro atoms. The lowest BCUT2D eigenvalue weighted by atomic mass is 10.00. The van der Waals surface area contributed by atoms with Gasteiger partial charge in [0.2, 0.25) is 0 Å². The van der Waals surface area contributed by atoms with Crippen molar-refractivity contribution < 1.29 is 4.42 Å². The van der Waals surface area contributed by atoms with Crippen molar-refractivity contribution >= 4 is 0 Å². The third-order valence-corrected chi connectivity index (χ3v) is 3.76. The number of hydrogen-bond acceptors (Lipinski definition) is 3. The molecule has 0 amide bonds. The van der Waals surface area contributed by atoms with Crippen LogP contribution >= 0.6 is 0 Å². The first-order valence-electron chi connectivity index (χ1n) is 7.20. The van der Waals surface area contributed by atoms with Crippen LogP contribution in [0.3, 0.4) is 0 Å². The van der Waals surface area contributed by atoms with E-state index in [1.54, 1.807) is 0 Å². The number of rotatable bonds is 5. The first kappa shape index (κ1) is 13.6. The Bertz CT molecular complexity index is 373. The summed E-state index contributed by atoms with van der Waals surface area (Å²) in [5.74, 6) is 2.99. The number of aryl methyl sites for hydroxylation is 1. The maximum absolute atomic E-state index is 5.80. The molecule has 2 rings (SSSR count). The van der Waals surface area contributed by atoms with Crippen molar-refractivity contribution in [3.8, 4) is 0 Å². The Hall–Kier alpha value is -0.800. The largest absolute Gasteiger partial charge is 0.465 e. The molecule has 1 aliphatic heterocycles. The molecule has 102 valence electrons. The number of nitrogens with zero attached hydrogens (tertiary/aromatic N) is 1. The van der Waals surface area contributed by atoms with E-state index in [0.29, 0.717) is 0 Å². The summed E-state index contributed by atoms with van der Waals surface area (Å²) in [7, 11) is 0. The van der Waals surface area contributed by atoms with Gasteiger partial charge in [0.1, 0.15) is 11.5 Å². The normalized spacial score (nSPS) is 21.4. The highest BCUT2D eigenvalue weighted by Gasteiger charge is 2.18. The van der Waals surface area contributed by atoms with Crippen LogP contribution in [0.1, 0.15) is 43.8 Å². The Morgan fingerprint density at radius 2 is 2.33 bits per heavy atom. The lowest BCUT2D eigenvalue weighted by molar-refractivity contribution is 0.176. The zero-order valence-electron chi connectivity index (χ0n) is 12.0. The Kier molecular flexibility index (Phi) is 4.84. The highest BCUT2D eigenvalue weighted by atomic mass is 16.3. The van der Waals surface area contributed by atoms with Gasteiger partial charge in [-0.1, -0.05) is 13.8 Å². The van der Waals surface area contributed by atoms with Crippen LogP contribution in [0.4, 0.5) is 0 Å². The summed E-state index contributed by atoms with van der Waals surface area (Å²) in [4.78, 5) is 2.56. The Labute approximate surface area is 111 Å². The standard InChI is InChI=1S/C15H26N2O/c1-4-16-9-15-8-14(13(3)18-15)11-17-7-5-6-12(2)10-17/h8,12,16H,4-7,9-11H2,1-3H3. The molecule has 1 unspecified atom stereocenters. The van der Waals surface area contributed by atoms with E-state index in [1.807, 2.05) is 0 Å². The Balaban J connectivity index is 1.93. The van der Waals surface area contributed by atoms with Crippen LogP contribution in [0.5, 0.6) is 0 Å². The van der Waals surface area contributed by atoms with Gasteiger partial charge in [-0.05, 0) is 44.8 Å². The highest BCUT2D eigenvalue weighted by Crippen LogP contribution is 2.21. The summed E-state index contributed by atoms with van der Waals surface area (Å²) in [6.45, 7) is 11.9. The lowest BCUT2D eigenvalue weighted by Gasteiger charge is -2.30. The summed E-state index contributed by atoms with van der Waals surface area (Å²) in [5, 5.41) is 3.31. The Morgan fingerprint density at radius 3 is 3.06 bits per heavy atom. The molecule has 0 saturated carbocycles. The van der Waals surface area contributed by atoms with E-state index in [0.717, 1.165) is 37.1 Å². The minimum absolute atomic E-state index is 0.840. The van der Waals surface area contributed by atoms with Gasteiger partial charge >= 0.3 is 0 Å². The van der Waals surface area contributed by atoms with E-state index in [-0.39, 0.29) is 0 Å². The van der Waals surface area contributed by atoms with Crippen molar-refractivity contribution in [3.05, 3.63) is 23.2 Å². The number of likely N-dealkylation sites (tertiary alicyclic amines) is 1. The summed E-state index contributed by atoms with van der Waals surface area (Å²) in [5.41, 5.74) is 1.36. The second-order valence-corrected chi connectivity index (χ2v) is 5.56. The van der Waals surface area contributed by atoms with Gasteiger partial charge in [-0.15, -0.1) is 0 Å². The zero-order valence-corrected chi connectivity index (χ0v) is 12.0. The molecule has 3 heteroatoms. The van der Waals surface area contributed by atoms with Crippen molar-refractivity contribution in [1.82, 2.24) is 10.2 Å². The zero-order chi connectivity index (χ0) is 13.0. The number of nitrogens with one attached hydrogen (secondary N) is 1. The quantitative estimate of drug-likeness (QED) is 0.871.